The predicted octanol–water partition coefficient (Wildman–Crippen LogP) is 6.12. The van der Waals surface area contributed by atoms with Crippen molar-refractivity contribution in [1.29, 1.82) is 0 Å². The molecule has 0 heterocycles. The summed E-state index contributed by atoms with van der Waals surface area (Å²) in [5.74, 6) is 1.39. The third kappa shape index (κ3) is 11.1. The van der Waals surface area contributed by atoms with Crippen LogP contribution in [0.15, 0.2) is 73.8 Å². The van der Waals surface area contributed by atoms with Crippen LogP contribution in [0.2, 0.25) is 0 Å². The Morgan fingerprint density at radius 2 is 1.12 bits per heavy atom. The summed E-state index contributed by atoms with van der Waals surface area (Å²) in [6, 6.07) is 14.7. The molecule has 0 spiro atoms. The van der Waals surface area contributed by atoms with Gasteiger partial charge < -0.3 is 20.1 Å². The number of rotatable bonds is 16. The first-order valence-corrected chi connectivity index (χ1v) is 11.4. The first-order chi connectivity index (χ1) is 16.1. The van der Waals surface area contributed by atoms with Gasteiger partial charge in [-0.3, -0.25) is 9.59 Å². The fraction of sp³-hybridized carbons (Fsp3) is 0.333. The zero-order chi connectivity index (χ0) is 23.7. The SMILES string of the molecule is C=CCOc1cccc(NC(=O)CCCCCCCC(=O)Nc2cccc(OCC=C)c2)c1. The van der Waals surface area contributed by atoms with Gasteiger partial charge in [0, 0.05) is 36.3 Å². The highest BCUT2D eigenvalue weighted by Gasteiger charge is 2.05. The minimum absolute atomic E-state index is 0.00505. The number of amides is 2. The highest BCUT2D eigenvalue weighted by molar-refractivity contribution is 5.91. The van der Waals surface area contributed by atoms with E-state index in [2.05, 4.69) is 23.8 Å². The number of ether oxygens (including phenoxy) is 2. The molecule has 6 heteroatoms. The van der Waals surface area contributed by atoms with Crippen molar-refractivity contribution < 1.29 is 19.1 Å². The summed E-state index contributed by atoms with van der Waals surface area (Å²) in [4.78, 5) is 24.3. The Kier molecular flexibility index (Phi) is 11.9. The maximum absolute atomic E-state index is 12.1. The molecule has 0 atom stereocenters. The quantitative estimate of drug-likeness (QED) is 0.238. The maximum atomic E-state index is 12.1. The van der Waals surface area contributed by atoms with Crippen molar-refractivity contribution in [2.75, 3.05) is 23.8 Å². The Hall–Kier alpha value is -3.54. The smallest absolute Gasteiger partial charge is 0.224 e. The number of carbonyl (C=O) groups excluding carboxylic acids is 2. The zero-order valence-corrected chi connectivity index (χ0v) is 19.2. The number of benzene rings is 2. The van der Waals surface area contributed by atoms with Gasteiger partial charge in [0.1, 0.15) is 24.7 Å². The molecule has 0 aliphatic heterocycles. The predicted molar refractivity (Wildman–Crippen MR) is 134 cm³/mol. The van der Waals surface area contributed by atoms with Crippen LogP contribution in [0.5, 0.6) is 11.5 Å². The van der Waals surface area contributed by atoms with Gasteiger partial charge in [0.2, 0.25) is 11.8 Å². The van der Waals surface area contributed by atoms with Crippen LogP contribution in [-0.4, -0.2) is 25.0 Å². The van der Waals surface area contributed by atoms with Gasteiger partial charge in [-0.05, 0) is 37.1 Å². The summed E-state index contributed by atoms with van der Waals surface area (Å²) in [6.07, 6.45) is 8.86. The average molecular weight is 451 g/mol. The minimum Gasteiger partial charge on any atom is -0.489 e. The second-order valence-electron chi connectivity index (χ2n) is 7.62. The van der Waals surface area contributed by atoms with Gasteiger partial charge in [0.05, 0.1) is 0 Å². The second kappa shape index (κ2) is 15.3. The molecular weight excluding hydrogens is 416 g/mol. The molecule has 0 unspecified atom stereocenters. The van der Waals surface area contributed by atoms with Crippen molar-refractivity contribution in [2.45, 2.75) is 44.9 Å². The lowest BCUT2D eigenvalue weighted by Gasteiger charge is -2.08. The highest BCUT2D eigenvalue weighted by atomic mass is 16.5. The number of nitrogens with one attached hydrogen (secondary N) is 2. The first-order valence-electron chi connectivity index (χ1n) is 11.4. The number of hydrogen-bond acceptors (Lipinski definition) is 4. The van der Waals surface area contributed by atoms with Gasteiger partial charge in [0.15, 0.2) is 0 Å². The molecular formula is C27H34N2O4. The fourth-order valence-corrected chi connectivity index (χ4v) is 3.19. The highest BCUT2D eigenvalue weighted by Crippen LogP contribution is 2.19. The summed E-state index contributed by atoms with van der Waals surface area (Å²) < 4.78 is 11.0. The van der Waals surface area contributed by atoms with E-state index in [9.17, 15) is 9.59 Å². The Morgan fingerprint density at radius 3 is 1.55 bits per heavy atom. The van der Waals surface area contributed by atoms with Crippen molar-refractivity contribution in [2.24, 2.45) is 0 Å². The summed E-state index contributed by atoms with van der Waals surface area (Å²) in [7, 11) is 0. The molecule has 0 radical (unpaired) electrons. The van der Waals surface area contributed by atoms with E-state index in [1.807, 2.05) is 36.4 Å². The molecule has 6 nitrogen and oxygen atoms in total. The minimum atomic E-state index is -0.00505. The van der Waals surface area contributed by atoms with E-state index in [1.54, 1.807) is 24.3 Å². The van der Waals surface area contributed by atoms with Gasteiger partial charge >= 0.3 is 0 Å². The number of carbonyl (C=O) groups is 2. The Morgan fingerprint density at radius 1 is 0.697 bits per heavy atom. The van der Waals surface area contributed by atoms with E-state index in [1.165, 1.54) is 0 Å². The number of anilines is 2. The molecule has 2 aromatic carbocycles. The van der Waals surface area contributed by atoms with E-state index in [-0.39, 0.29) is 11.8 Å². The fourth-order valence-electron chi connectivity index (χ4n) is 3.19. The molecule has 0 fully saturated rings. The summed E-state index contributed by atoms with van der Waals surface area (Å²) in [5, 5.41) is 5.81. The molecule has 0 aromatic heterocycles. The Bertz CT molecular complexity index is 837. The molecule has 2 rings (SSSR count). The van der Waals surface area contributed by atoms with Crippen molar-refractivity contribution in [3.8, 4) is 11.5 Å². The molecule has 0 saturated heterocycles. The largest absolute Gasteiger partial charge is 0.489 e. The molecule has 2 N–H and O–H groups in total. The van der Waals surface area contributed by atoms with Gasteiger partial charge in [-0.15, -0.1) is 0 Å². The van der Waals surface area contributed by atoms with E-state index in [0.29, 0.717) is 37.6 Å². The van der Waals surface area contributed by atoms with Gasteiger partial charge in [-0.25, -0.2) is 0 Å². The molecule has 2 aromatic rings. The van der Waals surface area contributed by atoms with Crippen LogP contribution in [0.1, 0.15) is 44.9 Å². The van der Waals surface area contributed by atoms with E-state index >= 15 is 0 Å². The second-order valence-corrected chi connectivity index (χ2v) is 7.62. The van der Waals surface area contributed by atoms with E-state index < -0.39 is 0 Å². The third-order valence-electron chi connectivity index (χ3n) is 4.78. The summed E-state index contributed by atoms with van der Waals surface area (Å²) >= 11 is 0. The van der Waals surface area contributed by atoms with Gasteiger partial charge in [0.25, 0.3) is 0 Å². The van der Waals surface area contributed by atoms with Crippen LogP contribution >= 0.6 is 0 Å². The van der Waals surface area contributed by atoms with Crippen LogP contribution in [-0.2, 0) is 9.59 Å². The Labute approximate surface area is 196 Å². The first kappa shape index (κ1) is 25.7. The summed E-state index contributed by atoms with van der Waals surface area (Å²) in [5.41, 5.74) is 1.45. The number of unbranched alkanes of at least 4 members (excludes halogenated alkanes) is 4. The average Bonchev–Trinajstić information content (AvgIpc) is 2.81. The number of hydrogen-bond donors (Lipinski definition) is 2. The normalized spacial score (nSPS) is 10.2. The van der Waals surface area contributed by atoms with Crippen LogP contribution in [0.3, 0.4) is 0 Å². The third-order valence-corrected chi connectivity index (χ3v) is 4.78. The Balaban J connectivity index is 1.55. The maximum Gasteiger partial charge on any atom is 0.224 e. The van der Waals surface area contributed by atoms with Crippen LogP contribution in [0.4, 0.5) is 11.4 Å². The van der Waals surface area contributed by atoms with Crippen LogP contribution in [0, 0.1) is 0 Å². The zero-order valence-electron chi connectivity index (χ0n) is 19.2. The van der Waals surface area contributed by atoms with Crippen molar-refractivity contribution >= 4 is 23.2 Å². The standard InChI is InChI=1S/C27H34N2O4/c1-3-18-32-24-14-10-12-22(20-24)28-26(30)16-8-6-5-7-9-17-27(31)29-23-13-11-15-25(21-23)33-19-4-2/h3-4,10-15,20-21H,1-2,5-9,16-19H2,(H,28,30)(H,29,31). The molecule has 176 valence electrons. The molecule has 33 heavy (non-hydrogen) atoms. The molecule has 0 aliphatic carbocycles. The van der Waals surface area contributed by atoms with Gasteiger partial charge in [-0.1, -0.05) is 56.7 Å². The molecule has 0 saturated carbocycles. The van der Waals surface area contributed by atoms with E-state index in [0.717, 1.165) is 43.5 Å². The van der Waals surface area contributed by atoms with Crippen LogP contribution < -0.4 is 20.1 Å². The van der Waals surface area contributed by atoms with Crippen molar-refractivity contribution in [3.63, 3.8) is 0 Å². The van der Waals surface area contributed by atoms with Gasteiger partial charge in [-0.2, -0.15) is 0 Å². The van der Waals surface area contributed by atoms with Crippen molar-refractivity contribution in [1.82, 2.24) is 0 Å². The monoisotopic (exact) mass is 450 g/mol. The lowest BCUT2D eigenvalue weighted by Crippen LogP contribution is -2.11. The lowest BCUT2D eigenvalue weighted by atomic mass is 10.1. The summed E-state index contributed by atoms with van der Waals surface area (Å²) in [6.45, 7) is 8.10. The molecule has 0 aliphatic rings. The van der Waals surface area contributed by atoms with Crippen LogP contribution in [0.25, 0.3) is 0 Å². The molecule has 0 bridgehead atoms. The van der Waals surface area contributed by atoms with Crippen molar-refractivity contribution in [3.05, 3.63) is 73.8 Å². The molecule has 2 amide bonds. The lowest BCUT2D eigenvalue weighted by molar-refractivity contribution is -0.117. The van der Waals surface area contributed by atoms with E-state index in [4.69, 9.17) is 9.47 Å². The topological polar surface area (TPSA) is 76.7 Å².